The number of nitrogens with zero attached hydrogens (tertiary/aromatic N) is 2. The highest BCUT2D eigenvalue weighted by Crippen LogP contribution is 2.38. The van der Waals surface area contributed by atoms with Crippen LogP contribution in [0.4, 0.5) is 5.82 Å². The summed E-state index contributed by atoms with van der Waals surface area (Å²) in [7, 11) is 0. The van der Waals surface area contributed by atoms with Gasteiger partial charge in [0.05, 0.1) is 5.60 Å². The van der Waals surface area contributed by atoms with Gasteiger partial charge in [-0.2, -0.15) is 0 Å². The lowest BCUT2D eigenvalue weighted by molar-refractivity contribution is -0.0235. The SMILES string of the molecule is C=C(C)c1ccc(-c2nnc(NC3CC(C)(O)C3)c3ccccc23)c(O)c1. The summed E-state index contributed by atoms with van der Waals surface area (Å²) < 4.78 is 0. The minimum atomic E-state index is -0.600. The molecule has 1 aliphatic rings. The Hall–Kier alpha value is -2.92. The minimum Gasteiger partial charge on any atom is -0.507 e. The second-order valence-electron chi connectivity index (χ2n) is 7.70. The van der Waals surface area contributed by atoms with Crippen molar-refractivity contribution in [2.24, 2.45) is 0 Å². The standard InChI is InChI=1S/C22H23N3O2/c1-13(2)14-8-9-18(19(26)10-14)20-16-6-4-5-7-17(16)21(25-24-20)23-15-11-22(3,27)12-15/h4-10,15,26-27H,1,11-12H2,2-3H3,(H,23,25). The lowest BCUT2D eigenvalue weighted by Gasteiger charge is -2.41. The van der Waals surface area contributed by atoms with E-state index in [1.165, 1.54) is 0 Å². The molecular formula is C22H23N3O2. The topological polar surface area (TPSA) is 78.3 Å². The van der Waals surface area contributed by atoms with Crippen molar-refractivity contribution in [3.05, 3.63) is 54.6 Å². The maximum Gasteiger partial charge on any atom is 0.156 e. The third-order valence-corrected chi connectivity index (χ3v) is 5.15. The molecule has 3 N–H and O–H groups in total. The number of aromatic hydroxyl groups is 1. The maximum atomic E-state index is 10.5. The van der Waals surface area contributed by atoms with Crippen molar-refractivity contribution in [1.29, 1.82) is 0 Å². The van der Waals surface area contributed by atoms with Crippen LogP contribution in [0.2, 0.25) is 0 Å². The molecule has 1 aromatic heterocycles. The molecule has 0 bridgehead atoms. The summed E-state index contributed by atoms with van der Waals surface area (Å²) in [5.41, 5.74) is 2.47. The smallest absolute Gasteiger partial charge is 0.156 e. The molecule has 0 amide bonds. The van der Waals surface area contributed by atoms with Crippen LogP contribution in [-0.4, -0.2) is 32.1 Å². The highest BCUT2D eigenvalue weighted by Gasteiger charge is 2.38. The molecule has 1 fully saturated rings. The lowest BCUT2D eigenvalue weighted by atomic mass is 9.77. The number of rotatable bonds is 4. The molecule has 0 saturated heterocycles. The van der Waals surface area contributed by atoms with Gasteiger partial charge >= 0.3 is 0 Å². The van der Waals surface area contributed by atoms with Crippen molar-refractivity contribution in [3.8, 4) is 17.0 Å². The summed E-state index contributed by atoms with van der Waals surface area (Å²) >= 11 is 0. The van der Waals surface area contributed by atoms with Crippen molar-refractivity contribution in [1.82, 2.24) is 10.2 Å². The third kappa shape index (κ3) is 3.26. The maximum absolute atomic E-state index is 10.5. The normalized spacial score (nSPS) is 21.7. The van der Waals surface area contributed by atoms with E-state index < -0.39 is 5.60 Å². The number of aliphatic hydroxyl groups is 1. The predicted molar refractivity (Wildman–Crippen MR) is 109 cm³/mol. The molecule has 0 radical (unpaired) electrons. The Morgan fingerprint density at radius 2 is 1.85 bits per heavy atom. The summed E-state index contributed by atoms with van der Waals surface area (Å²) in [6.07, 6.45) is 1.38. The van der Waals surface area contributed by atoms with Crippen molar-refractivity contribution < 1.29 is 10.2 Å². The molecule has 138 valence electrons. The molecule has 1 aliphatic carbocycles. The van der Waals surface area contributed by atoms with E-state index in [1.54, 1.807) is 6.07 Å². The number of hydrogen-bond acceptors (Lipinski definition) is 5. The van der Waals surface area contributed by atoms with Crippen molar-refractivity contribution >= 4 is 22.2 Å². The molecule has 0 atom stereocenters. The number of hydrogen-bond donors (Lipinski definition) is 3. The van der Waals surface area contributed by atoms with Gasteiger partial charge in [0.1, 0.15) is 11.4 Å². The number of anilines is 1. The van der Waals surface area contributed by atoms with E-state index in [9.17, 15) is 10.2 Å². The van der Waals surface area contributed by atoms with E-state index in [4.69, 9.17) is 0 Å². The summed E-state index contributed by atoms with van der Waals surface area (Å²) in [5.74, 6) is 0.860. The zero-order valence-corrected chi connectivity index (χ0v) is 15.5. The van der Waals surface area contributed by atoms with Gasteiger partial charge in [-0.1, -0.05) is 42.5 Å². The number of allylic oxidation sites excluding steroid dienone is 1. The monoisotopic (exact) mass is 361 g/mol. The first-order valence-corrected chi connectivity index (χ1v) is 9.08. The van der Waals surface area contributed by atoms with Crippen LogP contribution in [-0.2, 0) is 0 Å². The van der Waals surface area contributed by atoms with E-state index in [0.29, 0.717) is 29.9 Å². The molecule has 2 aromatic carbocycles. The zero-order valence-electron chi connectivity index (χ0n) is 15.5. The number of aromatic nitrogens is 2. The molecule has 0 aliphatic heterocycles. The Kier molecular flexibility index (Phi) is 4.12. The summed E-state index contributed by atoms with van der Waals surface area (Å²) in [5, 5.41) is 34.5. The fourth-order valence-corrected chi connectivity index (χ4v) is 3.70. The van der Waals surface area contributed by atoms with Gasteiger partial charge in [-0.15, -0.1) is 10.2 Å². The third-order valence-electron chi connectivity index (χ3n) is 5.15. The van der Waals surface area contributed by atoms with Crippen LogP contribution in [0.15, 0.2) is 49.0 Å². The van der Waals surface area contributed by atoms with Crippen LogP contribution in [0.5, 0.6) is 5.75 Å². The molecule has 0 spiro atoms. The Morgan fingerprint density at radius 3 is 2.48 bits per heavy atom. The zero-order chi connectivity index (χ0) is 19.2. The highest BCUT2D eigenvalue weighted by molar-refractivity contribution is 6.01. The van der Waals surface area contributed by atoms with E-state index in [1.807, 2.05) is 50.2 Å². The van der Waals surface area contributed by atoms with Crippen LogP contribution in [0, 0.1) is 0 Å². The number of phenolic OH excluding ortho intramolecular Hbond substituents is 1. The second kappa shape index (κ2) is 6.35. The Bertz CT molecular complexity index is 1030. The second-order valence-corrected chi connectivity index (χ2v) is 7.70. The number of nitrogens with one attached hydrogen (secondary N) is 1. The quantitative estimate of drug-likeness (QED) is 0.643. The molecule has 1 saturated carbocycles. The van der Waals surface area contributed by atoms with E-state index in [-0.39, 0.29) is 11.8 Å². The van der Waals surface area contributed by atoms with Gasteiger partial charge in [0.2, 0.25) is 0 Å². The van der Waals surface area contributed by atoms with Gasteiger partial charge in [-0.05, 0) is 44.4 Å². The Balaban J connectivity index is 1.75. The fraction of sp³-hybridized carbons (Fsp3) is 0.273. The van der Waals surface area contributed by atoms with Gasteiger partial charge in [-0.25, -0.2) is 0 Å². The predicted octanol–water partition coefficient (Wildman–Crippen LogP) is 4.36. The lowest BCUT2D eigenvalue weighted by Crippen LogP contribution is -2.48. The largest absolute Gasteiger partial charge is 0.507 e. The Morgan fingerprint density at radius 1 is 1.15 bits per heavy atom. The van der Waals surface area contributed by atoms with Gasteiger partial charge in [0.15, 0.2) is 5.82 Å². The highest BCUT2D eigenvalue weighted by atomic mass is 16.3. The molecule has 3 aromatic rings. The first-order valence-electron chi connectivity index (χ1n) is 9.08. The van der Waals surface area contributed by atoms with Gasteiger partial charge < -0.3 is 15.5 Å². The first kappa shape index (κ1) is 17.5. The molecule has 5 heteroatoms. The van der Waals surface area contributed by atoms with Gasteiger partial charge in [0.25, 0.3) is 0 Å². The number of fused-ring (bicyclic) bond motifs is 1. The van der Waals surface area contributed by atoms with E-state index in [2.05, 4.69) is 22.1 Å². The number of phenols is 1. The first-order chi connectivity index (χ1) is 12.8. The van der Waals surface area contributed by atoms with Crippen LogP contribution in [0.3, 0.4) is 0 Å². The molecular weight excluding hydrogens is 338 g/mol. The van der Waals surface area contributed by atoms with Crippen LogP contribution in [0.1, 0.15) is 32.3 Å². The van der Waals surface area contributed by atoms with Crippen LogP contribution in [0.25, 0.3) is 27.6 Å². The van der Waals surface area contributed by atoms with Crippen molar-refractivity contribution in [2.75, 3.05) is 5.32 Å². The van der Waals surface area contributed by atoms with E-state index in [0.717, 1.165) is 21.9 Å². The molecule has 5 nitrogen and oxygen atoms in total. The van der Waals surface area contributed by atoms with Crippen molar-refractivity contribution in [3.63, 3.8) is 0 Å². The van der Waals surface area contributed by atoms with Crippen molar-refractivity contribution in [2.45, 2.75) is 38.3 Å². The molecule has 0 unspecified atom stereocenters. The minimum absolute atomic E-state index is 0.158. The molecule has 27 heavy (non-hydrogen) atoms. The molecule has 1 heterocycles. The summed E-state index contributed by atoms with van der Waals surface area (Å²) in [6.45, 7) is 7.66. The van der Waals surface area contributed by atoms with Gasteiger partial charge in [0, 0.05) is 22.4 Å². The van der Waals surface area contributed by atoms with Crippen LogP contribution < -0.4 is 5.32 Å². The fourth-order valence-electron chi connectivity index (χ4n) is 3.70. The van der Waals surface area contributed by atoms with E-state index >= 15 is 0 Å². The average molecular weight is 361 g/mol. The summed E-state index contributed by atoms with van der Waals surface area (Å²) in [4.78, 5) is 0. The van der Waals surface area contributed by atoms with Crippen LogP contribution >= 0.6 is 0 Å². The molecule has 4 rings (SSSR count). The average Bonchev–Trinajstić information content (AvgIpc) is 2.60. The summed E-state index contributed by atoms with van der Waals surface area (Å²) in [6, 6.07) is 13.6. The Labute approximate surface area is 158 Å². The van der Waals surface area contributed by atoms with Gasteiger partial charge in [-0.3, -0.25) is 0 Å². The number of benzene rings is 2.